The first-order chi connectivity index (χ1) is 12.4. The molecular weight excluding hydrogens is 308 g/mol. The average Bonchev–Trinajstić information content (AvgIpc) is 2.65. The van der Waals surface area contributed by atoms with Gasteiger partial charge in [0.15, 0.2) is 0 Å². The maximum absolute atomic E-state index is 5.95. The van der Waals surface area contributed by atoms with Crippen molar-refractivity contribution < 1.29 is 4.74 Å². The zero-order chi connectivity index (χ0) is 16.9. The van der Waals surface area contributed by atoms with Gasteiger partial charge < -0.3 is 10.1 Å². The van der Waals surface area contributed by atoms with Gasteiger partial charge in [-0.1, -0.05) is 48.9 Å². The van der Waals surface area contributed by atoms with E-state index in [-0.39, 0.29) is 0 Å². The molecule has 2 aromatic carbocycles. The molecule has 1 heterocycles. The van der Waals surface area contributed by atoms with Crippen molar-refractivity contribution in [1.29, 1.82) is 0 Å². The van der Waals surface area contributed by atoms with Gasteiger partial charge in [0.2, 0.25) is 0 Å². The quantitative estimate of drug-likeness (QED) is 0.862. The third-order valence-electron chi connectivity index (χ3n) is 5.61. The van der Waals surface area contributed by atoms with Gasteiger partial charge in [0.25, 0.3) is 0 Å². The average molecular weight is 336 g/mol. The molecule has 2 fully saturated rings. The van der Waals surface area contributed by atoms with Gasteiger partial charge in [0.05, 0.1) is 0 Å². The van der Waals surface area contributed by atoms with Crippen LogP contribution in [0.4, 0.5) is 0 Å². The van der Waals surface area contributed by atoms with Gasteiger partial charge in [-0.2, -0.15) is 0 Å². The lowest BCUT2D eigenvalue weighted by molar-refractivity contribution is 0.0836. The molecule has 0 amide bonds. The fourth-order valence-electron chi connectivity index (χ4n) is 4.00. The maximum Gasteiger partial charge on any atom is 0.119 e. The summed E-state index contributed by atoms with van der Waals surface area (Å²) in [6.45, 7) is 5.17. The molecule has 0 unspecified atom stereocenters. The fraction of sp³-hybridized carbons (Fsp3) is 0.455. The molecule has 1 saturated carbocycles. The van der Waals surface area contributed by atoms with Crippen molar-refractivity contribution >= 4 is 0 Å². The lowest BCUT2D eigenvalue weighted by Gasteiger charge is -2.43. The summed E-state index contributed by atoms with van der Waals surface area (Å²) in [5.41, 5.74) is 2.67. The first kappa shape index (κ1) is 16.6. The van der Waals surface area contributed by atoms with E-state index in [2.05, 4.69) is 58.7 Å². The van der Waals surface area contributed by atoms with Crippen molar-refractivity contribution in [2.75, 3.05) is 26.2 Å². The van der Waals surface area contributed by atoms with Gasteiger partial charge >= 0.3 is 0 Å². The number of rotatable bonds is 6. The molecule has 1 atom stereocenters. The van der Waals surface area contributed by atoms with Crippen molar-refractivity contribution in [3.8, 4) is 5.75 Å². The SMILES string of the molecule is c1ccc(COc2ccc([C@H](C3CCC3)N3CCNCC3)cc2)cc1. The number of hydrogen-bond acceptors (Lipinski definition) is 3. The standard InChI is InChI=1S/C22H28N2O/c1-2-5-18(6-3-1)17-25-21-11-9-20(10-12-21)22(19-7-4-8-19)24-15-13-23-14-16-24/h1-3,5-6,9-12,19,22-23H,4,7-8,13-17H2/t22-/m0/s1. The van der Waals surface area contributed by atoms with Crippen molar-refractivity contribution in [3.05, 3.63) is 65.7 Å². The van der Waals surface area contributed by atoms with Crippen molar-refractivity contribution in [1.82, 2.24) is 10.2 Å². The van der Waals surface area contributed by atoms with E-state index in [9.17, 15) is 0 Å². The summed E-state index contributed by atoms with van der Waals surface area (Å²) in [7, 11) is 0. The fourth-order valence-corrected chi connectivity index (χ4v) is 4.00. The first-order valence-corrected chi connectivity index (χ1v) is 9.61. The topological polar surface area (TPSA) is 24.5 Å². The van der Waals surface area contributed by atoms with Gasteiger partial charge in [0, 0.05) is 32.2 Å². The number of nitrogens with zero attached hydrogens (tertiary/aromatic N) is 1. The zero-order valence-corrected chi connectivity index (χ0v) is 14.9. The van der Waals surface area contributed by atoms with Crippen LogP contribution in [-0.2, 0) is 6.61 Å². The van der Waals surface area contributed by atoms with Crippen LogP contribution < -0.4 is 10.1 Å². The predicted molar refractivity (Wildman–Crippen MR) is 102 cm³/mol. The molecule has 1 saturated heterocycles. The zero-order valence-electron chi connectivity index (χ0n) is 14.9. The Kier molecular flexibility index (Phi) is 5.34. The van der Waals surface area contributed by atoms with Gasteiger partial charge in [0.1, 0.15) is 12.4 Å². The number of ether oxygens (including phenoxy) is 1. The number of piperazine rings is 1. The summed E-state index contributed by atoms with van der Waals surface area (Å²) in [4.78, 5) is 2.68. The third-order valence-corrected chi connectivity index (χ3v) is 5.61. The molecule has 1 aliphatic carbocycles. The van der Waals surface area contributed by atoms with Crippen LogP contribution in [0.15, 0.2) is 54.6 Å². The van der Waals surface area contributed by atoms with Crippen molar-refractivity contribution in [2.45, 2.75) is 31.9 Å². The van der Waals surface area contributed by atoms with E-state index >= 15 is 0 Å². The van der Waals surface area contributed by atoms with Crippen molar-refractivity contribution in [2.24, 2.45) is 5.92 Å². The second-order valence-electron chi connectivity index (χ2n) is 7.27. The summed E-state index contributed by atoms with van der Waals surface area (Å²) < 4.78 is 5.95. The summed E-state index contributed by atoms with van der Waals surface area (Å²) in [6, 6.07) is 19.8. The molecule has 1 aliphatic heterocycles. The van der Waals surface area contributed by atoms with Crippen LogP contribution in [0.3, 0.4) is 0 Å². The number of benzene rings is 2. The van der Waals surface area contributed by atoms with E-state index in [0.29, 0.717) is 12.6 Å². The van der Waals surface area contributed by atoms with Crippen LogP contribution in [0.1, 0.15) is 36.4 Å². The van der Waals surface area contributed by atoms with Crippen LogP contribution in [0.25, 0.3) is 0 Å². The lowest BCUT2D eigenvalue weighted by atomic mass is 9.76. The summed E-state index contributed by atoms with van der Waals surface area (Å²) in [5.74, 6) is 1.79. The summed E-state index contributed by atoms with van der Waals surface area (Å²) >= 11 is 0. The summed E-state index contributed by atoms with van der Waals surface area (Å²) in [6.07, 6.45) is 4.15. The highest BCUT2D eigenvalue weighted by Crippen LogP contribution is 2.41. The molecule has 0 spiro atoms. The molecule has 3 heteroatoms. The minimum Gasteiger partial charge on any atom is -0.489 e. The number of nitrogens with one attached hydrogen (secondary N) is 1. The Morgan fingerprint density at radius 3 is 2.32 bits per heavy atom. The minimum atomic E-state index is 0.582. The molecule has 2 aromatic rings. The van der Waals surface area contributed by atoms with Crippen LogP contribution in [0, 0.1) is 5.92 Å². The van der Waals surface area contributed by atoms with Crippen LogP contribution in [0.5, 0.6) is 5.75 Å². The molecule has 132 valence electrons. The van der Waals surface area contributed by atoms with E-state index in [1.807, 2.05) is 6.07 Å². The van der Waals surface area contributed by atoms with E-state index < -0.39 is 0 Å². The molecule has 0 bridgehead atoms. The second-order valence-corrected chi connectivity index (χ2v) is 7.27. The highest BCUT2D eigenvalue weighted by molar-refractivity contribution is 5.30. The van der Waals surface area contributed by atoms with Gasteiger partial charge in [-0.15, -0.1) is 0 Å². The highest BCUT2D eigenvalue weighted by atomic mass is 16.5. The molecule has 2 aliphatic rings. The largest absolute Gasteiger partial charge is 0.489 e. The predicted octanol–water partition coefficient (Wildman–Crippen LogP) is 4.01. The van der Waals surface area contributed by atoms with Crippen molar-refractivity contribution in [3.63, 3.8) is 0 Å². The summed E-state index contributed by atoms with van der Waals surface area (Å²) in [5, 5.41) is 3.48. The maximum atomic E-state index is 5.95. The van der Waals surface area contributed by atoms with Crippen LogP contribution in [0.2, 0.25) is 0 Å². The van der Waals surface area contributed by atoms with Gasteiger partial charge in [-0.05, 0) is 42.0 Å². The molecule has 0 aromatic heterocycles. The normalized spacial score (nSPS) is 20.0. The van der Waals surface area contributed by atoms with Crippen LogP contribution >= 0.6 is 0 Å². The molecule has 0 radical (unpaired) electrons. The Morgan fingerprint density at radius 1 is 0.960 bits per heavy atom. The van der Waals surface area contributed by atoms with Gasteiger partial charge in [-0.25, -0.2) is 0 Å². The first-order valence-electron chi connectivity index (χ1n) is 9.61. The monoisotopic (exact) mass is 336 g/mol. The molecular formula is C22H28N2O. The Labute approximate surface area is 151 Å². The molecule has 1 N–H and O–H groups in total. The Hall–Kier alpha value is -1.84. The molecule has 3 nitrogen and oxygen atoms in total. The minimum absolute atomic E-state index is 0.582. The Morgan fingerprint density at radius 2 is 1.68 bits per heavy atom. The highest BCUT2D eigenvalue weighted by Gasteiger charge is 2.33. The molecule has 4 rings (SSSR count). The van der Waals surface area contributed by atoms with E-state index in [1.54, 1.807) is 0 Å². The Balaban J connectivity index is 1.43. The van der Waals surface area contributed by atoms with E-state index in [4.69, 9.17) is 4.74 Å². The second kappa shape index (κ2) is 8.03. The molecule has 25 heavy (non-hydrogen) atoms. The Bertz CT molecular complexity index is 645. The number of hydrogen-bond donors (Lipinski definition) is 1. The lowest BCUT2D eigenvalue weighted by Crippen LogP contribution is -2.47. The van der Waals surface area contributed by atoms with Gasteiger partial charge in [-0.3, -0.25) is 4.90 Å². The third kappa shape index (κ3) is 4.05. The smallest absolute Gasteiger partial charge is 0.119 e. The van der Waals surface area contributed by atoms with Crippen LogP contribution in [-0.4, -0.2) is 31.1 Å². The van der Waals surface area contributed by atoms with E-state index in [1.165, 1.54) is 30.4 Å². The van der Waals surface area contributed by atoms with E-state index in [0.717, 1.165) is 37.8 Å².